The fraction of sp³-hybridized carbons (Fsp3) is 0.625. The predicted molar refractivity (Wildman–Crippen MR) is 81.3 cm³/mol. The van der Waals surface area contributed by atoms with E-state index in [1.54, 1.807) is 0 Å². The topological polar surface area (TPSA) is 35.2 Å². The molecule has 0 saturated carbocycles. The van der Waals surface area contributed by atoms with Crippen molar-refractivity contribution in [2.24, 2.45) is 11.7 Å². The van der Waals surface area contributed by atoms with Gasteiger partial charge in [-0.3, -0.25) is 0 Å². The second kappa shape index (κ2) is 6.23. The van der Waals surface area contributed by atoms with Crippen molar-refractivity contribution in [2.75, 3.05) is 18.1 Å². The number of thioether (sulfide) groups is 1. The van der Waals surface area contributed by atoms with Gasteiger partial charge in [-0.1, -0.05) is 6.07 Å². The number of nitrogens with two attached hydrogens (primary N) is 1. The van der Waals surface area contributed by atoms with E-state index < -0.39 is 11.6 Å². The third-order valence-corrected chi connectivity index (χ3v) is 5.75. The summed E-state index contributed by atoms with van der Waals surface area (Å²) in [6, 6.07) is 3.29. The van der Waals surface area contributed by atoms with Crippen LogP contribution in [0.2, 0.25) is 0 Å². The van der Waals surface area contributed by atoms with Crippen molar-refractivity contribution in [3.8, 4) is 0 Å². The smallest absolute Gasteiger partial charge is 0.130 e. The third-order valence-electron chi connectivity index (χ3n) is 4.76. The summed E-state index contributed by atoms with van der Waals surface area (Å²) in [4.78, 5) is 0. The van der Waals surface area contributed by atoms with E-state index in [9.17, 15) is 8.78 Å². The molecule has 2 aliphatic heterocycles. The van der Waals surface area contributed by atoms with Crippen LogP contribution >= 0.6 is 11.8 Å². The van der Waals surface area contributed by atoms with Crippen LogP contribution in [0.15, 0.2) is 18.2 Å². The Balaban J connectivity index is 1.76. The Morgan fingerprint density at radius 2 is 2.05 bits per heavy atom. The normalized spacial score (nSPS) is 26.7. The molecule has 21 heavy (non-hydrogen) atoms. The van der Waals surface area contributed by atoms with Gasteiger partial charge in [0, 0.05) is 24.3 Å². The highest BCUT2D eigenvalue weighted by Crippen LogP contribution is 2.43. The lowest BCUT2D eigenvalue weighted by Crippen LogP contribution is -2.45. The molecule has 2 atom stereocenters. The van der Waals surface area contributed by atoms with Crippen molar-refractivity contribution in [3.05, 3.63) is 35.4 Å². The van der Waals surface area contributed by atoms with Gasteiger partial charge in [0.2, 0.25) is 0 Å². The first-order chi connectivity index (χ1) is 10.1. The average Bonchev–Trinajstić information content (AvgIpc) is 2.47. The molecule has 2 aliphatic rings. The Bertz CT molecular complexity index is 500. The lowest BCUT2D eigenvalue weighted by atomic mass is 9.77. The molecule has 1 spiro atoms. The van der Waals surface area contributed by atoms with Crippen LogP contribution in [-0.2, 0) is 4.74 Å². The van der Waals surface area contributed by atoms with E-state index in [1.165, 1.54) is 12.1 Å². The third kappa shape index (κ3) is 3.25. The van der Waals surface area contributed by atoms with Gasteiger partial charge in [-0.15, -0.1) is 0 Å². The van der Waals surface area contributed by atoms with Gasteiger partial charge >= 0.3 is 0 Å². The summed E-state index contributed by atoms with van der Waals surface area (Å²) in [5.74, 6) is 1.33. The van der Waals surface area contributed by atoms with Crippen molar-refractivity contribution in [3.63, 3.8) is 0 Å². The highest BCUT2D eigenvalue weighted by atomic mass is 32.2. The zero-order chi connectivity index (χ0) is 14.9. The largest absolute Gasteiger partial charge is 0.375 e. The van der Waals surface area contributed by atoms with Crippen LogP contribution in [0.25, 0.3) is 0 Å². The second-order valence-electron chi connectivity index (χ2n) is 6.09. The van der Waals surface area contributed by atoms with E-state index in [0.29, 0.717) is 12.2 Å². The van der Waals surface area contributed by atoms with Crippen LogP contribution < -0.4 is 5.73 Å². The monoisotopic (exact) mass is 313 g/mol. The highest BCUT2D eigenvalue weighted by molar-refractivity contribution is 7.99. The number of halogens is 2. The second-order valence-corrected chi connectivity index (χ2v) is 7.31. The lowest BCUT2D eigenvalue weighted by Gasteiger charge is -2.44. The highest BCUT2D eigenvalue weighted by Gasteiger charge is 2.40. The minimum atomic E-state index is -0.559. The molecular weight excluding hydrogens is 292 g/mol. The van der Waals surface area contributed by atoms with Crippen LogP contribution in [-0.4, -0.2) is 23.7 Å². The van der Waals surface area contributed by atoms with Crippen LogP contribution in [0.1, 0.15) is 37.3 Å². The molecule has 0 bridgehead atoms. The molecule has 1 aromatic rings. The molecule has 2 heterocycles. The molecule has 2 fully saturated rings. The molecule has 1 aromatic carbocycles. The first-order valence-corrected chi connectivity index (χ1v) is 8.67. The Hall–Kier alpha value is -0.650. The molecule has 2 N–H and O–H groups in total. The minimum absolute atomic E-state index is 0.0672. The summed E-state index contributed by atoms with van der Waals surface area (Å²) in [5, 5.41) is 0. The maximum absolute atomic E-state index is 13.9. The minimum Gasteiger partial charge on any atom is -0.375 e. The summed E-state index contributed by atoms with van der Waals surface area (Å²) >= 11 is 1.96. The van der Waals surface area contributed by atoms with Gasteiger partial charge in [0.25, 0.3) is 0 Å². The van der Waals surface area contributed by atoms with E-state index in [0.717, 1.165) is 43.3 Å². The van der Waals surface area contributed by atoms with Crippen molar-refractivity contribution >= 4 is 11.8 Å². The first-order valence-electron chi connectivity index (χ1n) is 7.52. The van der Waals surface area contributed by atoms with Crippen molar-refractivity contribution in [2.45, 2.75) is 37.3 Å². The molecule has 0 radical (unpaired) electrons. The molecule has 0 aliphatic carbocycles. The Morgan fingerprint density at radius 3 is 2.76 bits per heavy atom. The van der Waals surface area contributed by atoms with Crippen LogP contribution in [0.5, 0.6) is 0 Å². The molecular formula is C16H21F2NOS. The van der Waals surface area contributed by atoms with E-state index in [1.807, 2.05) is 11.8 Å². The number of hydrogen-bond donors (Lipinski definition) is 1. The van der Waals surface area contributed by atoms with Gasteiger partial charge < -0.3 is 10.5 Å². The number of rotatable bonds is 2. The Morgan fingerprint density at radius 1 is 1.29 bits per heavy atom. The summed E-state index contributed by atoms with van der Waals surface area (Å²) in [6.07, 6.45) is 3.82. The van der Waals surface area contributed by atoms with Gasteiger partial charge in [0.15, 0.2) is 0 Å². The van der Waals surface area contributed by atoms with E-state index in [2.05, 4.69) is 0 Å². The number of hydrogen-bond acceptors (Lipinski definition) is 3. The standard InChI is InChI=1S/C16H21F2NOS/c17-12-1-2-13(14(18)9-12)15(19)11-3-6-20-16(10-11)4-7-21-8-5-16/h1-2,9,11,15H,3-8,10,19H2. The molecule has 5 heteroatoms. The van der Waals surface area contributed by atoms with E-state index >= 15 is 0 Å². The summed E-state index contributed by atoms with van der Waals surface area (Å²) in [6.45, 7) is 0.686. The molecule has 2 saturated heterocycles. The van der Waals surface area contributed by atoms with E-state index in [4.69, 9.17) is 10.5 Å². The van der Waals surface area contributed by atoms with Crippen LogP contribution in [0.4, 0.5) is 8.78 Å². The molecule has 3 rings (SSSR count). The summed E-state index contributed by atoms with van der Waals surface area (Å²) < 4.78 is 33.0. The molecule has 2 unspecified atom stereocenters. The Kier molecular flexibility index (Phi) is 4.52. The fourth-order valence-corrected chi connectivity index (χ4v) is 4.73. The maximum Gasteiger partial charge on any atom is 0.130 e. The first kappa shape index (κ1) is 15.3. The van der Waals surface area contributed by atoms with Gasteiger partial charge in [-0.2, -0.15) is 11.8 Å². The summed E-state index contributed by atoms with van der Waals surface area (Å²) in [5.41, 5.74) is 6.64. The molecule has 116 valence electrons. The number of benzene rings is 1. The van der Waals surface area contributed by atoms with Gasteiger partial charge in [-0.25, -0.2) is 8.78 Å². The molecule has 0 amide bonds. The zero-order valence-electron chi connectivity index (χ0n) is 12.0. The fourth-order valence-electron chi connectivity index (χ4n) is 3.49. The summed E-state index contributed by atoms with van der Waals surface area (Å²) in [7, 11) is 0. The SMILES string of the molecule is NC(c1ccc(F)cc1F)C1CCOC2(CCSCC2)C1. The van der Waals surface area contributed by atoms with Crippen molar-refractivity contribution in [1.29, 1.82) is 0 Å². The molecule has 0 aromatic heterocycles. The number of ether oxygens (including phenoxy) is 1. The average molecular weight is 313 g/mol. The van der Waals surface area contributed by atoms with Gasteiger partial charge in [-0.05, 0) is 49.2 Å². The predicted octanol–water partition coefficient (Wildman–Crippen LogP) is 3.66. The van der Waals surface area contributed by atoms with Crippen molar-refractivity contribution in [1.82, 2.24) is 0 Å². The zero-order valence-corrected chi connectivity index (χ0v) is 12.8. The lowest BCUT2D eigenvalue weighted by molar-refractivity contribution is -0.106. The van der Waals surface area contributed by atoms with Crippen LogP contribution in [0, 0.1) is 17.6 Å². The van der Waals surface area contributed by atoms with Crippen LogP contribution in [0.3, 0.4) is 0 Å². The molecule has 2 nitrogen and oxygen atoms in total. The van der Waals surface area contributed by atoms with Crippen molar-refractivity contribution < 1.29 is 13.5 Å². The maximum atomic E-state index is 13.9. The van der Waals surface area contributed by atoms with Gasteiger partial charge in [0.1, 0.15) is 11.6 Å². The quantitative estimate of drug-likeness (QED) is 0.905. The van der Waals surface area contributed by atoms with E-state index in [-0.39, 0.29) is 17.6 Å². The Labute approximate surface area is 128 Å². The van der Waals surface area contributed by atoms with Gasteiger partial charge in [0.05, 0.1) is 5.60 Å².